The lowest BCUT2D eigenvalue weighted by molar-refractivity contribution is -0.123. The maximum absolute atomic E-state index is 13.6. The molecule has 0 aliphatic carbocycles. The van der Waals surface area contributed by atoms with Gasteiger partial charge in [-0.15, -0.1) is 4.91 Å². The SMILES string of the molecule is O=Nc1ccc(-n2[nH]c(-c3ccc(Cl)cc3)c(/C=C3\NC(=O)N(Cc4cccc(F)c4)C3=O)c2=O)cc1. The van der Waals surface area contributed by atoms with E-state index in [-0.39, 0.29) is 23.5 Å². The summed E-state index contributed by atoms with van der Waals surface area (Å²) in [4.78, 5) is 50.8. The average molecular weight is 518 g/mol. The van der Waals surface area contributed by atoms with Crippen LogP contribution in [0.5, 0.6) is 0 Å². The molecule has 3 amide bonds. The maximum atomic E-state index is 13.6. The number of aromatic nitrogens is 2. The Bertz CT molecular complexity index is 1620. The van der Waals surface area contributed by atoms with Crippen molar-refractivity contribution in [2.75, 3.05) is 0 Å². The van der Waals surface area contributed by atoms with Crippen LogP contribution < -0.4 is 10.9 Å². The summed E-state index contributed by atoms with van der Waals surface area (Å²) < 4.78 is 14.8. The van der Waals surface area contributed by atoms with Gasteiger partial charge in [-0.1, -0.05) is 35.9 Å². The van der Waals surface area contributed by atoms with Gasteiger partial charge in [0.2, 0.25) is 0 Å². The first-order valence-corrected chi connectivity index (χ1v) is 11.4. The normalized spacial score (nSPS) is 14.3. The number of benzene rings is 3. The molecule has 11 heteroatoms. The quantitative estimate of drug-likeness (QED) is 0.210. The number of urea groups is 1. The average Bonchev–Trinajstić information content (AvgIpc) is 3.35. The first kappa shape index (κ1) is 23.9. The van der Waals surface area contributed by atoms with Gasteiger partial charge in [0.1, 0.15) is 17.2 Å². The molecular formula is C26H17ClFN5O4. The molecule has 0 saturated carbocycles. The lowest BCUT2D eigenvalue weighted by atomic mass is 10.1. The number of carbonyl (C=O) groups excluding carboxylic acids is 2. The zero-order valence-electron chi connectivity index (χ0n) is 18.9. The Labute approximate surface area is 213 Å². The Hall–Kier alpha value is -4.83. The molecule has 0 spiro atoms. The number of carbonyl (C=O) groups is 2. The van der Waals surface area contributed by atoms with E-state index in [1.165, 1.54) is 41.1 Å². The molecule has 1 aromatic heterocycles. The number of hydrogen-bond donors (Lipinski definition) is 2. The fraction of sp³-hybridized carbons (Fsp3) is 0.0385. The monoisotopic (exact) mass is 517 g/mol. The summed E-state index contributed by atoms with van der Waals surface area (Å²) >= 11 is 6.02. The number of H-pyrrole nitrogens is 1. The highest BCUT2D eigenvalue weighted by molar-refractivity contribution is 6.30. The topological polar surface area (TPSA) is 117 Å². The van der Waals surface area contributed by atoms with E-state index in [0.717, 1.165) is 4.90 Å². The van der Waals surface area contributed by atoms with Gasteiger partial charge in [0.15, 0.2) is 0 Å². The van der Waals surface area contributed by atoms with Crippen molar-refractivity contribution in [1.29, 1.82) is 0 Å². The third-order valence-electron chi connectivity index (χ3n) is 5.75. The van der Waals surface area contributed by atoms with Crippen molar-refractivity contribution >= 4 is 35.3 Å². The molecule has 5 rings (SSSR count). The minimum atomic E-state index is -0.693. The number of amides is 3. The van der Waals surface area contributed by atoms with E-state index < -0.39 is 23.3 Å². The number of nitroso groups, excluding NO2 is 1. The third kappa shape index (κ3) is 4.69. The van der Waals surface area contributed by atoms with Crippen LogP contribution >= 0.6 is 11.6 Å². The fourth-order valence-corrected chi connectivity index (χ4v) is 4.07. The van der Waals surface area contributed by atoms with Crippen molar-refractivity contribution in [2.45, 2.75) is 6.54 Å². The van der Waals surface area contributed by atoms with E-state index in [1.54, 1.807) is 42.5 Å². The molecule has 1 aliphatic rings. The maximum Gasteiger partial charge on any atom is 0.329 e. The van der Waals surface area contributed by atoms with Crippen molar-refractivity contribution in [3.05, 3.63) is 116 Å². The van der Waals surface area contributed by atoms with E-state index in [0.29, 0.717) is 27.5 Å². The second kappa shape index (κ2) is 9.67. The van der Waals surface area contributed by atoms with Crippen LogP contribution in [0.4, 0.5) is 14.9 Å². The number of halogens is 2. The van der Waals surface area contributed by atoms with E-state index in [4.69, 9.17) is 11.6 Å². The molecule has 0 radical (unpaired) electrons. The molecule has 9 nitrogen and oxygen atoms in total. The number of nitrogens with zero attached hydrogens (tertiary/aromatic N) is 3. The van der Waals surface area contributed by atoms with Gasteiger partial charge in [0, 0.05) is 10.6 Å². The fourth-order valence-electron chi connectivity index (χ4n) is 3.94. The minimum absolute atomic E-state index is 0.108. The van der Waals surface area contributed by atoms with Gasteiger partial charge in [0.05, 0.1) is 23.5 Å². The van der Waals surface area contributed by atoms with Crippen LogP contribution in [0.2, 0.25) is 5.02 Å². The molecule has 1 fully saturated rings. The summed E-state index contributed by atoms with van der Waals surface area (Å²) in [6.07, 6.45) is 1.30. The Morgan fingerprint density at radius 3 is 2.38 bits per heavy atom. The molecule has 4 aromatic rings. The molecule has 3 aromatic carbocycles. The summed E-state index contributed by atoms with van der Waals surface area (Å²) in [7, 11) is 0. The van der Waals surface area contributed by atoms with Crippen molar-refractivity contribution in [1.82, 2.24) is 20.0 Å². The molecule has 2 N–H and O–H groups in total. The summed E-state index contributed by atoms with van der Waals surface area (Å²) in [5, 5.41) is 8.87. The minimum Gasteiger partial charge on any atom is -0.303 e. The summed E-state index contributed by atoms with van der Waals surface area (Å²) in [6.45, 7) is -0.141. The van der Waals surface area contributed by atoms with Crippen molar-refractivity contribution in [2.24, 2.45) is 5.18 Å². The predicted octanol–water partition coefficient (Wildman–Crippen LogP) is 5.12. The zero-order chi connectivity index (χ0) is 26.1. The number of hydrogen-bond acceptors (Lipinski definition) is 5. The lowest BCUT2D eigenvalue weighted by Gasteiger charge is -2.11. The second-order valence-electron chi connectivity index (χ2n) is 8.17. The highest BCUT2D eigenvalue weighted by atomic mass is 35.5. The van der Waals surface area contributed by atoms with Crippen molar-refractivity contribution < 1.29 is 14.0 Å². The largest absolute Gasteiger partial charge is 0.329 e. The Kier molecular flexibility index (Phi) is 6.24. The van der Waals surface area contributed by atoms with Crippen LogP contribution in [0, 0.1) is 10.7 Å². The lowest BCUT2D eigenvalue weighted by Crippen LogP contribution is -2.30. The van der Waals surface area contributed by atoms with Crippen molar-refractivity contribution in [3.8, 4) is 16.9 Å². The van der Waals surface area contributed by atoms with E-state index in [9.17, 15) is 23.7 Å². The molecular weight excluding hydrogens is 501 g/mol. The number of imide groups is 1. The Balaban J connectivity index is 1.57. The molecule has 37 heavy (non-hydrogen) atoms. The second-order valence-corrected chi connectivity index (χ2v) is 8.60. The Morgan fingerprint density at radius 2 is 1.70 bits per heavy atom. The number of nitrogens with one attached hydrogen (secondary N) is 2. The van der Waals surface area contributed by atoms with Crippen LogP contribution in [0.1, 0.15) is 11.1 Å². The molecule has 184 valence electrons. The third-order valence-corrected chi connectivity index (χ3v) is 6.01. The zero-order valence-corrected chi connectivity index (χ0v) is 19.7. The number of rotatable bonds is 6. The van der Waals surface area contributed by atoms with E-state index in [1.807, 2.05) is 0 Å². The standard InChI is InChI=1S/C26H17ClFN5O4/c27-17-6-4-16(5-7-17)23-21(24(34)33(30-23)20-10-8-19(31-37)9-11-20)13-22-25(35)32(26(36)29-22)14-15-2-1-3-18(28)12-15/h1-13,30H,14H2,(H,29,36)/b22-13-. The summed E-state index contributed by atoms with van der Waals surface area (Å²) in [5.41, 5.74) is 1.52. The first-order valence-electron chi connectivity index (χ1n) is 11.0. The van der Waals surface area contributed by atoms with Gasteiger partial charge in [0.25, 0.3) is 11.5 Å². The van der Waals surface area contributed by atoms with Gasteiger partial charge >= 0.3 is 6.03 Å². The van der Waals surface area contributed by atoms with Crippen LogP contribution in [-0.4, -0.2) is 26.6 Å². The molecule has 2 heterocycles. The van der Waals surface area contributed by atoms with Crippen molar-refractivity contribution in [3.63, 3.8) is 0 Å². The van der Waals surface area contributed by atoms with Crippen LogP contribution in [-0.2, 0) is 11.3 Å². The molecule has 1 saturated heterocycles. The highest BCUT2D eigenvalue weighted by Crippen LogP contribution is 2.26. The van der Waals surface area contributed by atoms with Crippen LogP contribution in [0.15, 0.2) is 88.5 Å². The van der Waals surface area contributed by atoms with Crippen LogP contribution in [0.3, 0.4) is 0 Å². The van der Waals surface area contributed by atoms with Gasteiger partial charge in [-0.3, -0.25) is 19.6 Å². The molecule has 0 atom stereocenters. The first-order chi connectivity index (χ1) is 17.8. The van der Waals surface area contributed by atoms with E-state index in [2.05, 4.69) is 15.6 Å². The van der Waals surface area contributed by atoms with Gasteiger partial charge < -0.3 is 5.32 Å². The van der Waals surface area contributed by atoms with Gasteiger partial charge in [-0.2, -0.15) is 0 Å². The van der Waals surface area contributed by atoms with E-state index >= 15 is 0 Å². The predicted molar refractivity (Wildman–Crippen MR) is 136 cm³/mol. The summed E-state index contributed by atoms with van der Waals surface area (Å²) in [5.74, 6) is -1.15. The smallest absolute Gasteiger partial charge is 0.303 e. The van der Waals surface area contributed by atoms with Gasteiger partial charge in [-0.25, -0.2) is 13.9 Å². The molecule has 0 unspecified atom stereocenters. The highest BCUT2D eigenvalue weighted by Gasteiger charge is 2.34. The summed E-state index contributed by atoms with van der Waals surface area (Å²) in [6, 6.07) is 17.6. The molecule has 0 bridgehead atoms. The molecule has 1 aliphatic heterocycles. The van der Waals surface area contributed by atoms with Gasteiger partial charge in [-0.05, 0) is 65.3 Å². The van der Waals surface area contributed by atoms with Crippen LogP contribution in [0.25, 0.3) is 23.0 Å². The Morgan fingerprint density at radius 1 is 0.973 bits per heavy atom. The number of aromatic amines is 1.